The Morgan fingerprint density at radius 1 is 1.12 bits per heavy atom. The summed E-state index contributed by atoms with van der Waals surface area (Å²) in [5, 5.41) is 0. The Morgan fingerprint density at radius 3 is 2.35 bits per heavy atom. The van der Waals surface area contributed by atoms with E-state index in [4.69, 9.17) is 5.73 Å². The van der Waals surface area contributed by atoms with Gasteiger partial charge in [-0.25, -0.2) is 13.1 Å². The summed E-state index contributed by atoms with van der Waals surface area (Å²) >= 11 is 0. The molecule has 0 aromatic heterocycles. The topological polar surface area (TPSA) is 72.2 Å². The van der Waals surface area contributed by atoms with Crippen LogP contribution in [0.2, 0.25) is 0 Å². The first kappa shape index (κ1) is 14.0. The minimum atomic E-state index is -3.37. The maximum absolute atomic E-state index is 11.8. The third-order valence-electron chi connectivity index (χ3n) is 2.51. The fraction of sp³-hybridized carbons (Fsp3) is 0.500. The van der Waals surface area contributed by atoms with Crippen molar-refractivity contribution >= 4 is 15.7 Å². The predicted molar refractivity (Wildman–Crippen MR) is 70.2 cm³/mol. The fourth-order valence-corrected chi connectivity index (χ4v) is 2.56. The lowest BCUT2D eigenvalue weighted by atomic mass is 10.2. The van der Waals surface area contributed by atoms with Gasteiger partial charge in [-0.1, -0.05) is 26.2 Å². The average Bonchev–Trinajstić information content (AvgIpc) is 2.29. The normalized spacial score (nSPS) is 11.6. The van der Waals surface area contributed by atoms with Gasteiger partial charge in [-0.2, -0.15) is 0 Å². The summed E-state index contributed by atoms with van der Waals surface area (Å²) in [5.41, 5.74) is 6.07. The van der Waals surface area contributed by atoms with Gasteiger partial charge in [0.25, 0.3) is 0 Å². The van der Waals surface area contributed by atoms with Crippen LogP contribution in [0.25, 0.3) is 0 Å². The summed E-state index contributed by atoms with van der Waals surface area (Å²) in [7, 11) is -3.37. The molecule has 0 heterocycles. The number of nitrogen functional groups attached to an aromatic ring is 1. The average molecular weight is 256 g/mol. The van der Waals surface area contributed by atoms with Crippen LogP contribution >= 0.6 is 0 Å². The van der Waals surface area contributed by atoms with E-state index in [-0.39, 0.29) is 4.90 Å². The molecule has 96 valence electrons. The van der Waals surface area contributed by atoms with Crippen molar-refractivity contribution in [2.45, 2.75) is 37.5 Å². The molecule has 0 atom stereocenters. The minimum Gasteiger partial charge on any atom is -0.399 e. The molecule has 1 aromatic rings. The van der Waals surface area contributed by atoms with Crippen molar-refractivity contribution in [3.05, 3.63) is 24.3 Å². The number of sulfonamides is 1. The van der Waals surface area contributed by atoms with Crippen LogP contribution in [-0.4, -0.2) is 15.0 Å². The number of anilines is 1. The zero-order chi connectivity index (χ0) is 12.7. The molecule has 0 bridgehead atoms. The van der Waals surface area contributed by atoms with Gasteiger partial charge in [0.15, 0.2) is 0 Å². The van der Waals surface area contributed by atoms with Gasteiger partial charge in [-0.3, -0.25) is 0 Å². The highest BCUT2D eigenvalue weighted by atomic mass is 32.2. The maximum Gasteiger partial charge on any atom is 0.240 e. The molecule has 1 rings (SSSR count). The molecule has 17 heavy (non-hydrogen) atoms. The standard InChI is InChI=1S/C12H20N2O2S/c1-2-3-4-5-10-14-17(15,16)12-8-6-11(13)7-9-12/h6-9,14H,2-5,10,13H2,1H3. The molecule has 0 aliphatic heterocycles. The number of unbranched alkanes of at least 4 members (excludes halogenated alkanes) is 3. The Hall–Kier alpha value is -1.07. The molecule has 0 saturated carbocycles. The third-order valence-corrected chi connectivity index (χ3v) is 3.99. The quantitative estimate of drug-likeness (QED) is 0.580. The van der Waals surface area contributed by atoms with Crippen LogP contribution in [0.3, 0.4) is 0 Å². The van der Waals surface area contributed by atoms with Gasteiger partial charge in [0.1, 0.15) is 0 Å². The van der Waals surface area contributed by atoms with E-state index in [9.17, 15) is 8.42 Å². The highest BCUT2D eigenvalue weighted by Gasteiger charge is 2.12. The number of hydrogen-bond acceptors (Lipinski definition) is 3. The number of rotatable bonds is 7. The van der Waals surface area contributed by atoms with Gasteiger partial charge in [0, 0.05) is 12.2 Å². The smallest absolute Gasteiger partial charge is 0.240 e. The third kappa shape index (κ3) is 4.75. The highest BCUT2D eigenvalue weighted by Crippen LogP contribution is 2.11. The van der Waals surface area contributed by atoms with Gasteiger partial charge >= 0.3 is 0 Å². The van der Waals surface area contributed by atoms with Crippen molar-refractivity contribution in [3.63, 3.8) is 0 Å². The maximum atomic E-state index is 11.8. The van der Waals surface area contributed by atoms with Crippen LogP contribution in [0.5, 0.6) is 0 Å². The summed E-state index contributed by atoms with van der Waals surface area (Å²) in [5.74, 6) is 0. The van der Waals surface area contributed by atoms with Crippen molar-refractivity contribution in [1.82, 2.24) is 4.72 Å². The zero-order valence-corrected chi connectivity index (χ0v) is 11.0. The van der Waals surface area contributed by atoms with E-state index in [1.54, 1.807) is 12.1 Å². The molecule has 0 saturated heterocycles. The number of hydrogen-bond donors (Lipinski definition) is 2. The van der Waals surface area contributed by atoms with Gasteiger partial charge in [-0.15, -0.1) is 0 Å². The van der Waals surface area contributed by atoms with Crippen LogP contribution in [0.4, 0.5) is 5.69 Å². The summed E-state index contributed by atoms with van der Waals surface area (Å²) < 4.78 is 26.2. The molecule has 0 aliphatic rings. The highest BCUT2D eigenvalue weighted by molar-refractivity contribution is 7.89. The molecular formula is C12H20N2O2S. The first-order valence-corrected chi connectivity index (χ1v) is 7.40. The van der Waals surface area contributed by atoms with Crippen LogP contribution in [-0.2, 0) is 10.0 Å². The van der Waals surface area contributed by atoms with Crippen molar-refractivity contribution in [1.29, 1.82) is 0 Å². The van der Waals surface area contributed by atoms with E-state index >= 15 is 0 Å². The SMILES string of the molecule is CCCCCCNS(=O)(=O)c1ccc(N)cc1. The molecule has 4 nitrogen and oxygen atoms in total. The molecule has 1 aromatic carbocycles. The zero-order valence-electron chi connectivity index (χ0n) is 10.1. The van der Waals surface area contributed by atoms with Gasteiger partial charge in [0.2, 0.25) is 10.0 Å². The van der Waals surface area contributed by atoms with Crippen molar-refractivity contribution in [3.8, 4) is 0 Å². The van der Waals surface area contributed by atoms with E-state index in [2.05, 4.69) is 11.6 Å². The van der Waals surface area contributed by atoms with Gasteiger partial charge in [-0.05, 0) is 30.7 Å². The predicted octanol–water partition coefficient (Wildman–Crippen LogP) is 2.13. The lowest BCUT2D eigenvalue weighted by Gasteiger charge is -2.06. The Labute approximate surface area is 103 Å². The van der Waals surface area contributed by atoms with Crippen LogP contribution in [0, 0.1) is 0 Å². The largest absolute Gasteiger partial charge is 0.399 e. The van der Waals surface area contributed by atoms with Crippen molar-refractivity contribution in [2.75, 3.05) is 12.3 Å². The Bertz CT molecular complexity index is 426. The van der Waals surface area contributed by atoms with Crippen LogP contribution in [0.15, 0.2) is 29.2 Å². The molecular weight excluding hydrogens is 236 g/mol. The molecule has 0 amide bonds. The minimum absolute atomic E-state index is 0.266. The number of nitrogens with one attached hydrogen (secondary N) is 1. The fourth-order valence-electron chi connectivity index (χ4n) is 1.49. The van der Waals surface area contributed by atoms with E-state index in [0.29, 0.717) is 12.2 Å². The number of nitrogens with two attached hydrogens (primary N) is 1. The summed E-state index contributed by atoms with van der Waals surface area (Å²) in [6.07, 6.45) is 4.22. The van der Waals surface area contributed by atoms with Crippen LogP contribution < -0.4 is 10.5 Å². The first-order valence-electron chi connectivity index (χ1n) is 5.91. The van der Waals surface area contributed by atoms with E-state index in [1.165, 1.54) is 12.1 Å². The molecule has 0 fully saturated rings. The van der Waals surface area contributed by atoms with E-state index in [1.807, 2.05) is 0 Å². The van der Waals surface area contributed by atoms with Crippen molar-refractivity contribution < 1.29 is 8.42 Å². The molecule has 0 radical (unpaired) electrons. The van der Waals surface area contributed by atoms with Gasteiger partial charge < -0.3 is 5.73 Å². The Morgan fingerprint density at radius 2 is 1.76 bits per heavy atom. The lowest BCUT2D eigenvalue weighted by molar-refractivity contribution is 0.573. The Balaban J connectivity index is 2.48. The summed E-state index contributed by atoms with van der Waals surface area (Å²) in [4.78, 5) is 0.266. The molecule has 0 unspecified atom stereocenters. The first-order chi connectivity index (χ1) is 8.06. The summed E-state index contributed by atoms with van der Waals surface area (Å²) in [6, 6.07) is 6.21. The van der Waals surface area contributed by atoms with Gasteiger partial charge in [0.05, 0.1) is 4.90 Å². The van der Waals surface area contributed by atoms with E-state index < -0.39 is 10.0 Å². The summed E-state index contributed by atoms with van der Waals surface area (Å²) in [6.45, 7) is 2.62. The molecule has 3 N–H and O–H groups in total. The van der Waals surface area contributed by atoms with E-state index in [0.717, 1.165) is 25.7 Å². The number of benzene rings is 1. The lowest BCUT2D eigenvalue weighted by Crippen LogP contribution is -2.24. The monoisotopic (exact) mass is 256 g/mol. The second-order valence-electron chi connectivity index (χ2n) is 4.03. The molecule has 0 spiro atoms. The molecule has 0 aliphatic carbocycles. The Kier molecular flexibility index (Phi) is 5.44. The van der Waals surface area contributed by atoms with Crippen molar-refractivity contribution in [2.24, 2.45) is 0 Å². The van der Waals surface area contributed by atoms with Crippen LogP contribution in [0.1, 0.15) is 32.6 Å². The second-order valence-corrected chi connectivity index (χ2v) is 5.79. The molecule has 5 heteroatoms. The second kappa shape index (κ2) is 6.61.